The van der Waals surface area contributed by atoms with Crippen molar-refractivity contribution in [1.82, 2.24) is 4.90 Å². The van der Waals surface area contributed by atoms with Gasteiger partial charge in [-0.05, 0) is 55.6 Å². The Labute approximate surface area is 127 Å². The molecule has 0 aliphatic carbocycles. The van der Waals surface area contributed by atoms with Crippen molar-refractivity contribution in [2.75, 3.05) is 19.6 Å². The summed E-state index contributed by atoms with van der Waals surface area (Å²) in [7, 11) is 0. The smallest absolute Gasteiger partial charge is 0.115 e. The average Bonchev–Trinajstić information content (AvgIpc) is 3.01. The second kappa shape index (κ2) is 6.77. The van der Waals surface area contributed by atoms with Crippen LogP contribution in [0.5, 0.6) is 5.75 Å². The molecule has 21 heavy (non-hydrogen) atoms. The van der Waals surface area contributed by atoms with Crippen molar-refractivity contribution in [1.29, 1.82) is 0 Å². The fraction of sp³-hybridized carbons (Fsp3) is 0.368. The van der Waals surface area contributed by atoms with Crippen LogP contribution in [0.1, 0.15) is 29.9 Å². The normalized spacial score (nSPS) is 17.0. The number of benzene rings is 2. The Morgan fingerprint density at radius 3 is 2.43 bits per heavy atom. The van der Waals surface area contributed by atoms with Gasteiger partial charge in [0, 0.05) is 12.5 Å². The van der Waals surface area contributed by atoms with Gasteiger partial charge in [-0.25, -0.2) is 0 Å². The summed E-state index contributed by atoms with van der Waals surface area (Å²) in [4.78, 5) is 2.55. The number of hydrogen-bond donors (Lipinski definition) is 1. The van der Waals surface area contributed by atoms with Gasteiger partial charge in [-0.2, -0.15) is 0 Å². The molecule has 0 radical (unpaired) electrons. The van der Waals surface area contributed by atoms with Gasteiger partial charge < -0.3 is 10.0 Å². The van der Waals surface area contributed by atoms with E-state index in [4.69, 9.17) is 0 Å². The van der Waals surface area contributed by atoms with Gasteiger partial charge in [0.2, 0.25) is 0 Å². The first kappa shape index (κ1) is 14.2. The van der Waals surface area contributed by atoms with Crippen LogP contribution in [0.2, 0.25) is 0 Å². The lowest BCUT2D eigenvalue weighted by Gasteiger charge is -2.24. The van der Waals surface area contributed by atoms with E-state index in [-0.39, 0.29) is 0 Å². The molecule has 2 nitrogen and oxygen atoms in total. The van der Waals surface area contributed by atoms with Crippen LogP contribution in [0.15, 0.2) is 54.6 Å². The fourth-order valence-electron chi connectivity index (χ4n) is 3.24. The monoisotopic (exact) mass is 281 g/mol. The van der Waals surface area contributed by atoms with Gasteiger partial charge in [-0.3, -0.25) is 0 Å². The van der Waals surface area contributed by atoms with Gasteiger partial charge in [0.1, 0.15) is 5.75 Å². The maximum Gasteiger partial charge on any atom is 0.115 e. The summed E-state index contributed by atoms with van der Waals surface area (Å²) < 4.78 is 0. The SMILES string of the molecule is Oc1cccc([C@H](Cc2ccccc2)CN2CCCC2)c1. The molecule has 2 aromatic carbocycles. The topological polar surface area (TPSA) is 23.5 Å². The standard InChI is InChI=1S/C19H23NO/c21-19-10-6-9-17(14-19)18(15-20-11-4-5-12-20)13-16-7-2-1-3-8-16/h1-3,6-10,14,18,21H,4-5,11-13,15H2/t18-/m1/s1. The quantitative estimate of drug-likeness (QED) is 0.900. The van der Waals surface area contributed by atoms with Crippen LogP contribution in [-0.4, -0.2) is 29.6 Å². The lowest BCUT2D eigenvalue weighted by molar-refractivity contribution is 0.312. The summed E-state index contributed by atoms with van der Waals surface area (Å²) in [5.41, 5.74) is 2.61. The number of rotatable bonds is 5. The molecular formula is C19H23NO. The summed E-state index contributed by atoms with van der Waals surface area (Å²) in [6.07, 6.45) is 3.66. The first-order chi connectivity index (χ1) is 10.3. The molecule has 0 amide bonds. The van der Waals surface area contributed by atoms with Gasteiger partial charge in [0.15, 0.2) is 0 Å². The van der Waals surface area contributed by atoms with E-state index in [2.05, 4.69) is 41.3 Å². The van der Waals surface area contributed by atoms with Gasteiger partial charge in [0.25, 0.3) is 0 Å². The molecule has 0 saturated carbocycles. The van der Waals surface area contributed by atoms with Crippen LogP contribution in [-0.2, 0) is 6.42 Å². The summed E-state index contributed by atoms with van der Waals surface area (Å²) >= 11 is 0. The Balaban J connectivity index is 1.79. The van der Waals surface area contributed by atoms with Crippen LogP contribution in [0.25, 0.3) is 0 Å². The molecule has 1 atom stereocenters. The second-order valence-electron chi connectivity index (χ2n) is 5.99. The molecule has 2 aromatic rings. The van der Waals surface area contributed by atoms with Crippen LogP contribution in [0.4, 0.5) is 0 Å². The number of likely N-dealkylation sites (tertiary alicyclic amines) is 1. The van der Waals surface area contributed by atoms with E-state index in [1.807, 2.05) is 12.1 Å². The van der Waals surface area contributed by atoms with Crippen LogP contribution >= 0.6 is 0 Å². The van der Waals surface area contributed by atoms with E-state index in [9.17, 15) is 5.11 Å². The molecule has 0 aromatic heterocycles. The largest absolute Gasteiger partial charge is 0.508 e. The zero-order chi connectivity index (χ0) is 14.5. The molecule has 0 bridgehead atoms. The highest BCUT2D eigenvalue weighted by molar-refractivity contribution is 5.31. The zero-order valence-corrected chi connectivity index (χ0v) is 12.4. The Hall–Kier alpha value is -1.80. The molecule has 1 saturated heterocycles. The highest BCUT2D eigenvalue weighted by atomic mass is 16.3. The molecule has 1 aliphatic heterocycles. The van der Waals surface area contributed by atoms with E-state index in [0.29, 0.717) is 11.7 Å². The third-order valence-electron chi connectivity index (χ3n) is 4.34. The minimum atomic E-state index is 0.368. The number of phenols is 1. The predicted octanol–water partition coefficient (Wildman–Crippen LogP) is 3.81. The molecule has 1 fully saturated rings. The molecular weight excluding hydrogens is 258 g/mol. The molecule has 110 valence electrons. The van der Waals surface area contributed by atoms with Crippen LogP contribution < -0.4 is 0 Å². The molecule has 2 heteroatoms. The third-order valence-corrected chi connectivity index (χ3v) is 4.34. The highest BCUT2D eigenvalue weighted by Gasteiger charge is 2.19. The van der Waals surface area contributed by atoms with E-state index in [1.165, 1.54) is 37.1 Å². The van der Waals surface area contributed by atoms with Crippen molar-refractivity contribution < 1.29 is 5.11 Å². The lowest BCUT2D eigenvalue weighted by Crippen LogP contribution is -2.26. The van der Waals surface area contributed by atoms with Crippen molar-refractivity contribution in [3.05, 3.63) is 65.7 Å². The van der Waals surface area contributed by atoms with Crippen LogP contribution in [0, 0.1) is 0 Å². The first-order valence-electron chi connectivity index (χ1n) is 7.86. The molecule has 1 aliphatic rings. The van der Waals surface area contributed by atoms with E-state index >= 15 is 0 Å². The average molecular weight is 281 g/mol. The number of nitrogens with zero attached hydrogens (tertiary/aromatic N) is 1. The highest BCUT2D eigenvalue weighted by Crippen LogP contribution is 2.26. The minimum absolute atomic E-state index is 0.368. The Bertz CT molecular complexity index is 561. The first-order valence-corrected chi connectivity index (χ1v) is 7.86. The lowest BCUT2D eigenvalue weighted by atomic mass is 9.91. The Morgan fingerprint density at radius 2 is 1.71 bits per heavy atom. The maximum absolute atomic E-state index is 9.78. The van der Waals surface area contributed by atoms with Gasteiger partial charge in [0.05, 0.1) is 0 Å². The third kappa shape index (κ3) is 3.85. The fourth-order valence-corrected chi connectivity index (χ4v) is 3.24. The summed E-state index contributed by atoms with van der Waals surface area (Å²) in [6, 6.07) is 18.4. The zero-order valence-electron chi connectivity index (χ0n) is 12.4. The molecule has 3 rings (SSSR count). The van der Waals surface area contributed by atoms with Gasteiger partial charge in [-0.1, -0.05) is 42.5 Å². The Kier molecular flexibility index (Phi) is 4.56. The molecule has 0 spiro atoms. The van der Waals surface area contributed by atoms with Crippen molar-refractivity contribution in [3.63, 3.8) is 0 Å². The van der Waals surface area contributed by atoms with E-state index in [1.54, 1.807) is 6.07 Å². The van der Waals surface area contributed by atoms with Crippen molar-refractivity contribution in [3.8, 4) is 5.75 Å². The molecule has 0 unspecified atom stereocenters. The molecule has 1 heterocycles. The van der Waals surface area contributed by atoms with Crippen LogP contribution in [0.3, 0.4) is 0 Å². The number of phenolic OH excluding ortho intramolecular Hbond substituents is 1. The van der Waals surface area contributed by atoms with Crippen molar-refractivity contribution in [2.24, 2.45) is 0 Å². The van der Waals surface area contributed by atoms with Crippen molar-refractivity contribution in [2.45, 2.75) is 25.2 Å². The van der Waals surface area contributed by atoms with Gasteiger partial charge in [-0.15, -0.1) is 0 Å². The van der Waals surface area contributed by atoms with Gasteiger partial charge >= 0.3 is 0 Å². The predicted molar refractivity (Wildman–Crippen MR) is 86.7 cm³/mol. The second-order valence-corrected chi connectivity index (χ2v) is 5.99. The Morgan fingerprint density at radius 1 is 0.952 bits per heavy atom. The van der Waals surface area contributed by atoms with E-state index in [0.717, 1.165) is 13.0 Å². The molecule has 1 N–H and O–H groups in total. The summed E-state index contributed by atoms with van der Waals surface area (Å²) in [5.74, 6) is 0.810. The van der Waals surface area contributed by atoms with Crippen molar-refractivity contribution >= 4 is 0 Å². The number of aromatic hydroxyl groups is 1. The minimum Gasteiger partial charge on any atom is -0.508 e. The summed E-state index contributed by atoms with van der Waals surface area (Å²) in [5, 5.41) is 9.78. The van der Waals surface area contributed by atoms with E-state index < -0.39 is 0 Å². The summed E-state index contributed by atoms with van der Waals surface area (Å²) in [6.45, 7) is 3.51. The number of hydrogen-bond acceptors (Lipinski definition) is 2. The maximum atomic E-state index is 9.78.